The van der Waals surface area contributed by atoms with E-state index in [-0.39, 0.29) is 16.8 Å². The van der Waals surface area contributed by atoms with Crippen LogP contribution < -0.4 is 0 Å². The Hall–Kier alpha value is -0.450. The summed E-state index contributed by atoms with van der Waals surface area (Å²) < 4.78 is 16.2. The molecule has 0 rings (SSSR count). The van der Waals surface area contributed by atoms with E-state index >= 15 is 0 Å². The number of ether oxygens (including phenoxy) is 3. The van der Waals surface area contributed by atoms with Crippen LogP contribution in [0.3, 0.4) is 0 Å². The summed E-state index contributed by atoms with van der Waals surface area (Å²) in [6.45, 7) is 14.5. The first-order chi connectivity index (χ1) is 8.63. The van der Waals surface area contributed by atoms with Crippen molar-refractivity contribution in [2.75, 3.05) is 33.0 Å². The van der Waals surface area contributed by atoms with Crippen molar-refractivity contribution in [3.05, 3.63) is 0 Å². The van der Waals surface area contributed by atoms with Crippen molar-refractivity contribution in [2.24, 2.45) is 5.41 Å². The Morgan fingerprint density at radius 2 is 1.26 bits per heavy atom. The van der Waals surface area contributed by atoms with Crippen molar-refractivity contribution in [1.29, 1.82) is 0 Å². The van der Waals surface area contributed by atoms with Gasteiger partial charge in [-0.25, -0.2) is 0 Å². The Morgan fingerprint density at radius 1 is 0.789 bits per heavy atom. The van der Waals surface area contributed by atoms with Crippen LogP contribution in [-0.2, 0) is 19.0 Å². The van der Waals surface area contributed by atoms with Gasteiger partial charge in [-0.15, -0.1) is 0 Å². The first-order valence-corrected chi connectivity index (χ1v) is 6.96. The van der Waals surface area contributed by atoms with Gasteiger partial charge >= 0.3 is 0 Å². The fraction of sp³-hybridized carbons (Fsp3) is 0.933. The fourth-order valence-corrected chi connectivity index (χ4v) is 1.27. The summed E-state index contributed by atoms with van der Waals surface area (Å²) in [5.74, 6) is 0.229. The van der Waals surface area contributed by atoms with E-state index in [1.54, 1.807) is 0 Å². The Labute approximate surface area is 117 Å². The van der Waals surface area contributed by atoms with E-state index in [9.17, 15) is 4.79 Å². The number of carbonyl (C=O) groups is 1. The lowest BCUT2D eigenvalue weighted by Gasteiger charge is -2.19. The maximum absolute atomic E-state index is 11.6. The molecule has 0 aromatic heterocycles. The zero-order chi connectivity index (χ0) is 14.9. The Balaban J connectivity index is 3.31. The molecule has 0 fully saturated rings. The maximum atomic E-state index is 11.6. The molecule has 0 saturated carbocycles. The molecule has 0 aromatic carbocycles. The fourth-order valence-electron chi connectivity index (χ4n) is 1.27. The standard InChI is InChI=1S/C15H30O4/c1-14(2,3)13(16)7-8-17-9-10-18-11-12-19-15(4,5)6/h7-12H2,1-6H3. The summed E-state index contributed by atoms with van der Waals surface area (Å²) in [5, 5.41) is 0. The molecule has 0 aliphatic carbocycles. The number of ketones is 1. The van der Waals surface area contributed by atoms with Crippen LogP contribution in [0, 0.1) is 5.41 Å². The van der Waals surface area contributed by atoms with Crippen molar-refractivity contribution in [1.82, 2.24) is 0 Å². The lowest BCUT2D eigenvalue weighted by Crippen LogP contribution is -2.23. The largest absolute Gasteiger partial charge is 0.379 e. The van der Waals surface area contributed by atoms with E-state index in [0.29, 0.717) is 39.5 Å². The second-order valence-corrected chi connectivity index (χ2v) is 6.61. The molecule has 0 aliphatic rings. The first kappa shape index (κ1) is 18.6. The van der Waals surface area contributed by atoms with Crippen LogP contribution in [0.4, 0.5) is 0 Å². The highest BCUT2D eigenvalue weighted by Crippen LogP contribution is 2.16. The summed E-state index contributed by atoms with van der Waals surface area (Å²) in [4.78, 5) is 11.6. The number of hydrogen-bond donors (Lipinski definition) is 0. The van der Waals surface area contributed by atoms with E-state index in [0.717, 1.165) is 0 Å². The maximum Gasteiger partial charge on any atom is 0.140 e. The average molecular weight is 274 g/mol. The summed E-state index contributed by atoms with van der Waals surface area (Å²) in [6.07, 6.45) is 0.469. The Bertz CT molecular complexity index is 248. The minimum atomic E-state index is -0.274. The quantitative estimate of drug-likeness (QED) is 0.606. The minimum Gasteiger partial charge on any atom is -0.379 e. The van der Waals surface area contributed by atoms with Gasteiger partial charge in [0.1, 0.15) is 5.78 Å². The average Bonchev–Trinajstić information content (AvgIpc) is 2.23. The molecule has 0 bridgehead atoms. The highest BCUT2D eigenvalue weighted by Gasteiger charge is 2.20. The molecule has 19 heavy (non-hydrogen) atoms. The number of carbonyl (C=O) groups excluding carboxylic acids is 1. The third-order valence-corrected chi connectivity index (χ3v) is 2.44. The van der Waals surface area contributed by atoms with Gasteiger partial charge in [-0.05, 0) is 20.8 Å². The molecule has 0 N–H and O–H groups in total. The lowest BCUT2D eigenvalue weighted by molar-refractivity contribution is -0.127. The third-order valence-electron chi connectivity index (χ3n) is 2.44. The third kappa shape index (κ3) is 12.3. The van der Waals surface area contributed by atoms with Crippen molar-refractivity contribution in [3.63, 3.8) is 0 Å². The van der Waals surface area contributed by atoms with Gasteiger partial charge in [0.15, 0.2) is 0 Å². The van der Waals surface area contributed by atoms with Gasteiger partial charge in [-0.1, -0.05) is 20.8 Å². The monoisotopic (exact) mass is 274 g/mol. The molecular formula is C15H30O4. The van der Waals surface area contributed by atoms with Gasteiger partial charge < -0.3 is 14.2 Å². The van der Waals surface area contributed by atoms with Crippen LogP contribution >= 0.6 is 0 Å². The highest BCUT2D eigenvalue weighted by molar-refractivity contribution is 5.83. The summed E-state index contributed by atoms with van der Waals surface area (Å²) in [6, 6.07) is 0. The van der Waals surface area contributed by atoms with Crippen LogP contribution in [0.1, 0.15) is 48.0 Å². The highest BCUT2D eigenvalue weighted by atomic mass is 16.5. The Morgan fingerprint density at radius 3 is 1.74 bits per heavy atom. The predicted octanol–water partition coefficient (Wildman–Crippen LogP) is 2.84. The van der Waals surface area contributed by atoms with Crippen molar-refractivity contribution >= 4 is 5.78 Å². The number of hydrogen-bond acceptors (Lipinski definition) is 4. The second-order valence-electron chi connectivity index (χ2n) is 6.61. The molecule has 0 saturated heterocycles. The van der Waals surface area contributed by atoms with E-state index < -0.39 is 0 Å². The van der Waals surface area contributed by atoms with E-state index in [1.165, 1.54) is 0 Å². The van der Waals surface area contributed by atoms with E-state index in [4.69, 9.17) is 14.2 Å². The van der Waals surface area contributed by atoms with Crippen LogP contribution in [0.5, 0.6) is 0 Å². The summed E-state index contributed by atoms with van der Waals surface area (Å²) in [7, 11) is 0. The van der Waals surface area contributed by atoms with Crippen molar-refractivity contribution in [2.45, 2.75) is 53.6 Å². The lowest BCUT2D eigenvalue weighted by atomic mass is 9.89. The van der Waals surface area contributed by atoms with Gasteiger partial charge in [0, 0.05) is 11.8 Å². The molecule has 0 atom stereocenters. The first-order valence-electron chi connectivity index (χ1n) is 6.96. The predicted molar refractivity (Wildman–Crippen MR) is 76.4 cm³/mol. The minimum absolute atomic E-state index is 0.118. The summed E-state index contributed by atoms with van der Waals surface area (Å²) >= 11 is 0. The van der Waals surface area contributed by atoms with Crippen molar-refractivity contribution < 1.29 is 19.0 Å². The Kier molecular flexibility index (Phi) is 8.46. The van der Waals surface area contributed by atoms with Gasteiger partial charge in [-0.2, -0.15) is 0 Å². The molecule has 0 aliphatic heterocycles. The molecule has 0 unspecified atom stereocenters. The van der Waals surface area contributed by atoms with Crippen LogP contribution in [0.2, 0.25) is 0 Å². The molecule has 0 heterocycles. The van der Waals surface area contributed by atoms with E-state index in [2.05, 4.69) is 0 Å². The second kappa shape index (κ2) is 8.67. The molecule has 114 valence electrons. The van der Waals surface area contributed by atoms with Gasteiger partial charge in [0.2, 0.25) is 0 Å². The molecule has 0 amide bonds. The smallest absolute Gasteiger partial charge is 0.140 e. The summed E-state index contributed by atoms with van der Waals surface area (Å²) in [5.41, 5.74) is -0.392. The van der Waals surface area contributed by atoms with Crippen LogP contribution in [0.15, 0.2) is 0 Å². The van der Waals surface area contributed by atoms with E-state index in [1.807, 2.05) is 41.5 Å². The SMILES string of the molecule is CC(C)(C)OCCOCCOCCC(=O)C(C)(C)C. The molecule has 4 nitrogen and oxygen atoms in total. The molecule has 0 aromatic rings. The normalized spacial score (nSPS) is 12.7. The van der Waals surface area contributed by atoms with Gasteiger partial charge in [0.25, 0.3) is 0 Å². The van der Waals surface area contributed by atoms with Gasteiger partial charge in [0.05, 0.1) is 38.6 Å². The zero-order valence-electron chi connectivity index (χ0n) is 13.4. The zero-order valence-corrected chi connectivity index (χ0v) is 13.4. The topological polar surface area (TPSA) is 44.8 Å². The van der Waals surface area contributed by atoms with Gasteiger partial charge in [-0.3, -0.25) is 4.79 Å². The van der Waals surface area contributed by atoms with Crippen LogP contribution in [-0.4, -0.2) is 44.4 Å². The van der Waals surface area contributed by atoms with Crippen LogP contribution in [0.25, 0.3) is 0 Å². The molecule has 0 radical (unpaired) electrons. The molecular weight excluding hydrogens is 244 g/mol. The van der Waals surface area contributed by atoms with Crippen molar-refractivity contribution in [3.8, 4) is 0 Å². The number of rotatable bonds is 9. The number of Topliss-reactive ketones (excluding diaryl/α,β-unsaturated/α-hetero) is 1. The molecule has 0 spiro atoms. The molecule has 4 heteroatoms.